The second-order valence-electron chi connectivity index (χ2n) is 7.28. The van der Waals surface area contributed by atoms with Crippen molar-refractivity contribution in [2.75, 3.05) is 20.3 Å². The number of nitrogens with one attached hydrogen (secondary N) is 1. The molecule has 31 heavy (non-hydrogen) atoms. The molecular weight excluding hydrogens is 545 g/mol. The van der Waals surface area contributed by atoms with Crippen molar-refractivity contribution in [3.8, 4) is 17.2 Å². The highest BCUT2D eigenvalue weighted by Gasteiger charge is 2.22. The number of methoxy groups -OCH3 is 1. The van der Waals surface area contributed by atoms with Crippen molar-refractivity contribution >= 4 is 62.9 Å². The Morgan fingerprint density at radius 1 is 1.16 bits per heavy atom. The second-order valence-corrected chi connectivity index (χ2v) is 10.2. The van der Waals surface area contributed by atoms with Crippen LogP contribution in [0.2, 0.25) is 0 Å². The molecule has 1 fully saturated rings. The number of hydrogen-bond donors (Lipinski definition) is 1. The largest absolute Gasteiger partial charge is 0.493 e. The molecule has 5 nitrogen and oxygen atoms in total. The van der Waals surface area contributed by atoms with Crippen LogP contribution in [0.15, 0.2) is 35.2 Å². The second kappa shape index (κ2) is 10.7. The summed E-state index contributed by atoms with van der Waals surface area (Å²) in [5.41, 5.74) is 3.19. The number of benzene rings is 2. The van der Waals surface area contributed by atoms with E-state index in [1.165, 1.54) is 17.3 Å². The monoisotopic (exact) mass is 569 g/mol. The van der Waals surface area contributed by atoms with Crippen molar-refractivity contribution in [2.45, 2.75) is 26.7 Å². The summed E-state index contributed by atoms with van der Waals surface area (Å²) in [5, 5.41) is 2.62. The number of halogens is 1. The number of thioether (sulfide) groups is 1. The maximum absolute atomic E-state index is 11.9. The minimum Gasteiger partial charge on any atom is -0.493 e. The molecule has 0 aromatic heterocycles. The van der Waals surface area contributed by atoms with Gasteiger partial charge < -0.3 is 19.5 Å². The van der Waals surface area contributed by atoms with Gasteiger partial charge in [0, 0.05) is 0 Å². The van der Waals surface area contributed by atoms with Crippen LogP contribution in [0.25, 0.3) is 6.08 Å². The third-order valence-corrected chi connectivity index (χ3v) is 6.53. The molecule has 1 aliphatic rings. The molecule has 1 aliphatic heterocycles. The van der Waals surface area contributed by atoms with Crippen molar-refractivity contribution in [1.29, 1.82) is 0 Å². The van der Waals surface area contributed by atoms with Gasteiger partial charge in [0.1, 0.15) is 23.3 Å². The summed E-state index contributed by atoms with van der Waals surface area (Å²) in [6, 6.07) is 10.1. The molecule has 1 N–H and O–H groups in total. The number of carbonyl (C=O) groups excluding carboxylic acids is 1. The lowest BCUT2D eigenvalue weighted by molar-refractivity contribution is -0.115. The number of aryl methyl sites for hydroxylation is 1. The standard InChI is InChI=1S/C23H24INO4S2/c1-13(2)16-6-5-14(3)9-18(16)28-7-8-29-21-17(24)10-15(11-19(21)27-4)12-20-22(26)25-23(30)31-20/h5-6,9-13H,7-8H2,1-4H3,(H,25,26,30). The number of amides is 1. The zero-order valence-corrected chi connectivity index (χ0v) is 21.6. The van der Waals surface area contributed by atoms with Gasteiger partial charge in [-0.2, -0.15) is 0 Å². The van der Waals surface area contributed by atoms with Gasteiger partial charge in [-0.05, 0) is 76.4 Å². The summed E-state index contributed by atoms with van der Waals surface area (Å²) in [7, 11) is 1.60. The van der Waals surface area contributed by atoms with Crippen LogP contribution >= 0.6 is 46.6 Å². The molecule has 1 saturated heterocycles. The van der Waals surface area contributed by atoms with Gasteiger partial charge >= 0.3 is 0 Å². The van der Waals surface area contributed by atoms with E-state index >= 15 is 0 Å². The Hall–Kier alpha value is -1.78. The van der Waals surface area contributed by atoms with Crippen molar-refractivity contribution in [1.82, 2.24) is 5.32 Å². The zero-order chi connectivity index (χ0) is 22.5. The predicted octanol–water partition coefficient (Wildman–Crippen LogP) is 5.68. The highest BCUT2D eigenvalue weighted by Crippen LogP contribution is 2.36. The van der Waals surface area contributed by atoms with Crippen molar-refractivity contribution in [3.05, 3.63) is 55.5 Å². The number of thiocarbonyl (C=S) groups is 1. The van der Waals surface area contributed by atoms with E-state index in [1.807, 2.05) is 12.1 Å². The van der Waals surface area contributed by atoms with E-state index in [0.717, 1.165) is 20.4 Å². The predicted molar refractivity (Wildman–Crippen MR) is 138 cm³/mol. The van der Waals surface area contributed by atoms with Gasteiger partial charge in [0.25, 0.3) is 5.91 Å². The van der Waals surface area contributed by atoms with Crippen LogP contribution in [-0.2, 0) is 4.79 Å². The fourth-order valence-electron chi connectivity index (χ4n) is 3.07. The normalized spacial score (nSPS) is 14.8. The fourth-order valence-corrected chi connectivity index (χ4v) is 4.90. The maximum Gasteiger partial charge on any atom is 0.263 e. The average molecular weight is 569 g/mol. The first-order valence-corrected chi connectivity index (χ1v) is 12.1. The smallest absolute Gasteiger partial charge is 0.263 e. The van der Waals surface area contributed by atoms with Crippen LogP contribution in [0.4, 0.5) is 0 Å². The van der Waals surface area contributed by atoms with Crippen LogP contribution in [0.3, 0.4) is 0 Å². The molecule has 0 radical (unpaired) electrons. The molecule has 2 aromatic carbocycles. The van der Waals surface area contributed by atoms with E-state index in [9.17, 15) is 4.79 Å². The van der Waals surface area contributed by atoms with Gasteiger partial charge in [0.2, 0.25) is 0 Å². The first-order chi connectivity index (χ1) is 14.8. The topological polar surface area (TPSA) is 56.8 Å². The first-order valence-electron chi connectivity index (χ1n) is 9.77. The minimum atomic E-state index is -0.182. The lowest BCUT2D eigenvalue weighted by atomic mass is 10.0. The number of hydrogen-bond acceptors (Lipinski definition) is 6. The minimum absolute atomic E-state index is 0.182. The molecule has 0 bridgehead atoms. The molecule has 0 unspecified atom stereocenters. The molecule has 0 aliphatic carbocycles. The highest BCUT2D eigenvalue weighted by molar-refractivity contribution is 14.1. The van der Waals surface area contributed by atoms with Crippen molar-refractivity contribution in [2.24, 2.45) is 0 Å². The summed E-state index contributed by atoms with van der Waals surface area (Å²) in [5.74, 6) is 2.35. The van der Waals surface area contributed by atoms with Crippen molar-refractivity contribution in [3.63, 3.8) is 0 Å². The Labute approximate surface area is 206 Å². The number of rotatable bonds is 8. The van der Waals surface area contributed by atoms with Crippen LogP contribution in [0.5, 0.6) is 17.2 Å². The third-order valence-electron chi connectivity index (χ3n) is 4.57. The Balaban J connectivity index is 1.69. The van der Waals surface area contributed by atoms with Gasteiger partial charge in [-0.3, -0.25) is 4.79 Å². The maximum atomic E-state index is 11.9. The average Bonchev–Trinajstić information content (AvgIpc) is 3.02. The van der Waals surface area contributed by atoms with Gasteiger partial charge in [-0.1, -0.05) is 50.0 Å². The fraction of sp³-hybridized carbons (Fsp3) is 0.304. The highest BCUT2D eigenvalue weighted by atomic mass is 127. The van der Waals surface area contributed by atoms with Gasteiger partial charge in [0.15, 0.2) is 11.5 Å². The SMILES string of the molecule is COc1cc(C=C2SC(=S)NC2=O)cc(I)c1OCCOc1cc(C)ccc1C(C)C. The van der Waals surface area contributed by atoms with E-state index in [2.05, 4.69) is 66.9 Å². The van der Waals surface area contributed by atoms with Crippen LogP contribution in [-0.4, -0.2) is 30.6 Å². The Bertz CT molecular complexity index is 1040. The van der Waals surface area contributed by atoms with E-state index < -0.39 is 0 Å². The first kappa shape index (κ1) is 23.9. The lowest BCUT2D eigenvalue weighted by Gasteiger charge is -2.16. The molecule has 1 amide bonds. The van der Waals surface area contributed by atoms with Crippen LogP contribution in [0, 0.1) is 10.5 Å². The Morgan fingerprint density at radius 3 is 2.55 bits per heavy atom. The summed E-state index contributed by atoms with van der Waals surface area (Å²) < 4.78 is 18.9. The molecule has 0 saturated carbocycles. The van der Waals surface area contributed by atoms with E-state index in [-0.39, 0.29) is 5.91 Å². The van der Waals surface area contributed by atoms with E-state index in [1.54, 1.807) is 13.2 Å². The molecular formula is C23H24INO4S2. The summed E-state index contributed by atoms with van der Waals surface area (Å²) in [6.45, 7) is 7.16. The molecule has 2 aromatic rings. The third kappa shape index (κ3) is 6.14. The summed E-state index contributed by atoms with van der Waals surface area (Å²) in [4.78, 5) is 12.5. The molecule has 1 heterocycles. The van der Waals surface area contributed by atoms with Crippen LogP contribution in [0.1, 0.15) is 36.5 Å². The van der Waals surface area contributed by atoms with Gasteiger partial charge in [-0.15, -0.1) is 0 Å². The van der Waals surface area contributed by atoms with Crippen LogP contribution < -0.4 is 19.5 Å². The van der Waals surface area contributed by atoms with Gasteiger partial charge in [-0.25, -0.2) is 0 Å². The molecule has 3 rings (SSSR count). The quantitative estimate of drug-likeness (QED) is 0.191. The van der Waals surface area contributed by atoms with Gasteiger partial charge in [0.05, 0.1) is 15.6 Å². The lowest BCUT2D eigenvalue weighted by Crippen LogP contribution is -2.17. The molecule has 0 atom stereocenters. The van der Waals surface area contributed by atoms with E-state index in [0.29, 0.717) is 39.9 Å². The number of carbonyl (C=O) groups is 1. The summed E-state index contributed by atoms with van der Waals surface area (Å²) >= 11 is 8.50. The molecule has 8 heteroatoms. The zero-order valence-electron chi connectivity index (χ0n) is 17.8. The van der Waals surface area contributed by atoms with E-state index in [4.69, 9.17) is 26.4 Å². The Morgan fingerprint density at radius 2 is 1.90 bits per heavy atom. The number of ether oxygens (including phenoxy) is 3. The molecule has 164 valence electrons. The Kier molecular flexibility index (Phi) is 8.23. The summed E-state index contributed by atoms with van der Waals surface area (Å²) in [6.07, 6.45) is 1.79. The van der Waals surface area contributed by atoms with Crippen molar-refractivity contribution < 1.29 is 19.0 Å². The molecule has 0 spiro atoms.